The normalized spacial score (nSPS) is 17.5. The minimum absolute atomic E-state index is 0.125. The molecule has 0 aromatic heterocycles. The minimum atomic E-state index is -0.525. The van der Waals surface area contributed by atoms with Gasteiger partial charge >= 0.3 is 0 Å². The van der Waals surface area contributed by atoms with E-state index in [0.717, 1.165) is 31.6 Å². The third kappa shape index (κ3) is 9.18. The first-order chi connectivity index (χ1) is 16.1. The smallest absolute Gasteiger partial charge is 0.255 e. The van der Waals surface area contributed by atoms with Gasteiger partial charge in [-0.05, 0) is 37.4 Å². The maximum Gasteiger partial charge on any atom is 0.255 e. The highest BCUT2D eigenvalue weighted by Gasteiger charge is 2.38. The molecule has 2 heterocycles. The lowest BCUT2D eigenvalue weighted by Gasteiger charge is -2.29. The van der Waals surface area contributed by atoms with Gasteiger partial charge in [0.25, 0.3) is 5.91 Å². The second-order valence-electron chi connectivity index (χ2n) is 7.68. The summed E-state index contributed by atoms with van der Waals surface area (Å²) in [5.74, 6) is -0.757. The van der Waals surface area contributed by atoms with Crippen molar-refractivity contribution in [2.45, 2.75) is 38.3 Å². The molecule has 2 aliphatic heterocycles. The van der Waals surface area contributed by atoms with Crippen molar-refractivity contribution in [3.8, 4) is 0 Å². The lowest BCUT2D eigenvalue weighted by Crippen LogP contribution is -2.52. The van der Waals surface area contributed by atoms with Crippen molar-refractivity contribution in [3.05, 3.63) is 35.4 Å². The molecule has 0 saturated carbocycles. The van der Waals surface area contributed by atoms with Gasteiger partial charge in [-0.2, -0.15) is 0 Å². The van der Waals surface area contributed by atoms with Crippen LogP contribution in [-0.2, 0) is 30.3 Å². The summed E-state index contributed by atoms with van der Waals surface area (Å²) >= 11 is 0. The molecule has 3 rings (SSSR count). The summed E-state index contributed by atoms with van der Waals surface area (Å²) in [5.41, 5.74) is 12.2. The second-order valence-corrected chi connectivity index (χ2v) is 7.68. The number of hydrogen-bond acceptors (Lipinski definition) is 8. The van der Waals surface area contributed by atoms with Gasteiger partial charge in [0.1, 0.15) is 6.04 Å². The topological polar surface area (TPSA) is 146 Å². The molecule has 0 bridgehead atoms. The molecule has 1 atom stereocenters. The van der Waals surface area contributed by atoms with E-state index in [2.05, 4.69) is 5.32 Å². The summed E-state index contributed by atoms with van der Waals surface area (Å²) in [7, 11) is 0. The van der Waals surface area contributed by atoms with E-state index in [0.29, 0.717) is 58.1 Å². The Hall–Kier alpha value is -2.37. The lowest BCUT2D eigenvalue weighted by atomic mass is 10.0. The Morgan fingerprint density at radius 3 is 2.18 bits per heavy atom. The van der Waals surface area contributed by atoms with Crippen LogP contribution in [0.5, 0.6) is 0 Å². The number of carbonyl (C=O) groups is 3. The predicted octanol–water partition coefficient (Wildman–Crippen LogP) is 0.181. The molecule has 1 aromatic carbocycles. The van der Waals surface area contributed by atoms with Gasteiger partial charge in [0, 0.05) is 31.7 Å². The molecule has 10 nitrogen and oxygen atoms in total. The Morgan fingerprint density at radius 2 is 1.55 bits per heavy atom. The molecular weight excluding hydrogens is 428 g/mol. The van der Waals surface area contributed by atoms with Crippen LogP contribution in [0.2, 0.25) is 0 Å². The summed E-state index contributed by atoms with van der Waals surface area (Å²) in [5, 5.41) is 2.28. The molecule has 0 radical (unpaired) electrons. The van der Waals surface area contributed by atoms with Crippen molar-refractivity contribution >= 4 is 17.7 Å². The molecule has 1 saturated heterocycles. The van der Waals surface area contributed by atoms with E-state index in [1.54, 1.807) is 11.0 Å². The summed E-state index contributed by atoms with van der Waals surface area (Å²) < 4.78 is 15.7. The summed E-state index contributed by atoms with van der Waals surface area (Å²) in [6, 6.07) is 6.82. The zero-order valence-electron chi connectivity index (χ0n) is 19.1. The molecule has 1 aromatic rings. The molecule has 1 fully saturated rings. The highest BCUT2D eigenvalue weighted by atomic mass is 16.5. The van der Waals surface area contributed by atoms with E-state index in [4.69, 9.17) is 25.7 Å². The molecule has 184 valence electrons. The van der Waals surface area contributed by atoms with E-state index >= 15 is 0 Å². The first kappa shape index (κ1) is 26.9. The number of fused-ring (bicyclic) bond motifs is 1. The van der Waals surface area contributed by atoms with Gasteiger partial charge in [-0.1, -0.05) is 18.2 Å². The van der Waals surface area contributed by atoms with Crippen LogP contribution in [0.3, 0.4) is 0 Å². The fourth-order valence-electron chi connectivity index (χ4n) is 3.48. The quantitative estimate of drug-likeness (QED) is 0.277. The van der Waals surface area contributed by atoms with Gasteiger partial charge in [-0.15, -0.1) is 0 Å². The number of piperidine rings is 1. The number of carbonyl (C=O) groups excluding carboxylic acids is 3. The number of rotatable bonds is 13. The van der Waals surface area contributed by atoms with Crippen LogP contribution >= 0.6 is 0 Å². The van der Waals surface area contributed by atoms with Gasteiger partial charge in [0.05, 0.1) is 33.0 Å². The van der Waals surface area contributed by atoms with Crippen LogP contribution in [0.4, 0.5) is 0 Å². The number of amides is 3. The van der Waals surface area contributed by atoms with Crippen LogP contribution in [0.1, 0.15) is 41.6 Å². The number of nitrogens with two attached hydrogens (primary N) is 2. The highest BCUT2D eigenvalue weighted by Crippen LogP contribution is 2.26. The fraction of sp³-hybridized carbons (Fsp3) is 0.609. The Kier molecular flexibility index (Phi) is 12.6. The van der Waals surface area contributed by atoms with Gasteiger partial charge in [0.2, 0.25) is 11.8 Å². The third-order valence-electron chi connectivity index (χ3n) is 5.18. The van der Waals surface area contributed by atoms with Gasteiger partial charge in [0.15, 0.2) is 0 Å². The molecule has 10 heteroatoms. The Morgan fingerprint density at radius 1 is 0.879 bits per heavy atom. The molecule has 2 aliphatic rings. The average Bonchev–Trinajstić information content (AvgIpc) is 3.14. The Bertz CT molecular complexity index is 748. The van der Waals surface area contributed by atoms with Crippen LogP contribution in [0.15, 0.2) is 24.3 Å². The third-order valence-corrected chi connectivity index (χ3v) is 5.18. The van der Waals surface area contributed by atoms with Crippen molar-refractivity contribution in [2.75, 3.05) is 52.7 Å². The maximum atomic E-state index is 12.2. The van der Waals surface area contributed by atoms with Crippen molar-refractivity contribution in [3.63, 3.8) is 0 Å². The van der Waals surface area contributed by atoms with Crippen LogP contribution < -0.4 is 16.8 Å². The Labute approximate surface area is 194 Å². The highest BCUT2D eigenvalue weighted by molar-refractivity contribution is 6.05. The van der Waals surface area contributed by atoms with E-state index in [-0.39, 0.29) is 24.1 Å². The van der Waals surface area contributed by atoms with Crippen LogP contribution in [0, 0.1) is 0 Å². The number of unbranched alkanes of at least 4 members (excludes halogenated alkanes) is 1. The number of imide groups is 1. The molecule has 5 N–H and O–H groups in total. The van der Waals surface area contributed by atoms with Gasteiger partial charge in [-0.3, -0.25) is 19.7 Å². The van der Waals surface area contributed by atoms with Crippen molar-refractivity contribution in [1.29, 1.82) is 0 Å². The summed E-state index contributed by atoms with van der Waals surface area (Å²) in [6.45, 7) is 5.57. The largest absolute Gasteiger partial charge is 0.379 e. The lowest BCUT2D eigenvalue weighted by molar-refractivity contribution is -0.136. The van der Waals surface area contributed by atoms with E-state index in [1.807, 2.05) is 18.2 Å². The second kappa shape index (κ2) is 15.5. The molecule has 0 aliphatic carbocycles. The first-order valence-electron chi connectivity index (χ1n) is 11.4. The molecular formula is C23H36N4O6. The average molecular weight is 465 g/mol. The predicted molar refractivity (Wildman–Crippen MR) is 122 cm³/mol. The van der Waals surface area contributed by atoms with Gasteiger partial charge < -0.3 is 30.6 Å². The van der Waals surface area contributed by atoms with E-state index in [1.165, 1.54) is 0 Å². The fourth-order valence-corrected chi connectivity index (χ4v) is 3.48. The maximum absolute atomic E-state index is 12.2. The standard InChI is InChI=1S/C13H12N2O3.C10H24N2O3/c16-11-6-5-10(12(17)14-11)15-7-8-3-1-2-4-9(8)13(15)18;11-3-1-2-5-13-7-9-15-10-8-14-6-4-12/h1-4,10H,5-7H2,(H,14,16,17);1-12H2. The zero-order chi connectivity index (χ0) is 23.9. The number of ether oxygens (including phenoxy) is 3. The van der Waals surface area contributed by atoms with E-state index < -0.39 is 6.04 Å². The van der Waals surface area contributed by atoms with Crippen molar-refractivity contribution < 1.29 is 28.6 Å². The summed E-state index contributed by atoms with van der Waals surface area (Å²) in [4.78, 5) is 36.6. The van der Waals surface area contributed by atoms with Crippen LogP contribution in [-0.4, -0.2) is 81.4 Å². The van der Waals surface area contributed by atoms with E-state index in [9.17, 15) is 14.4 Å². The SMILES string of the molecule is NCCCCOCCOCCOCCN.O=C1CCC(N2Cc3ccccc3C2=O)C(=O)N1. The molecule has 33 heavy (non-hydrogen) atoms. The minimum Gasteiger partial charge on any atom is -0.379 e. The molecule has 1 unspecified atom stereocenters. The number of hydrogen-bond donors (Lipinski definition) is 3. The number of nitrogens with one attached hydrogen (secondary N) is 1. The van der Waals surface area contributed by atoms with Gasteiger partial charge in [-0.25, -0.2) is 0 Å². The van der Waals surface area contributed by atoms with Crippen LogP contribution in [0.25, 0.3) is 0 Å². The van der Waals surface area contributed by atoms with Crippen molar-refractivity contribution in [1.82, 2.24) is 10.2 Å². The first-order valence-corrected chi connectivity index (χ1v) is 11.4. The number of benzene rings is 1. The zero-order valence-corrected chi connectivity index (χ0v) is 19.1. The monoisotopic (exact) mass is 464 g/mol. The summed E-state index contributed by atoms with van der Waals surface area (Å²) in [6.07, 6.45) is 2.74. The van der Waals surface area contributed by atoms with Crippen molar-refractivity contribution in [2.24, 2.45) is 11.5 Å². The Balaban J connectivity index is 0.000000239. The molecule has 3 amide bonds. The number of nitrogens with zero attached hydrogens (tertiary/aromatic N) is 1. The molecule has 0 spiro atoms.